The van der Waals surface area contributed by atoms with E-state index >= 15 is 0 Å². The average molecular weight is 476 g/mol. The van der Waals surface area contributed by atoms with Crippen molar-refractivity contribution in [3.05, 3.63) is 108 Å². The second-order valence-electron chi connectivity index (χ2n) is 8.21. The molecule has 0 aliphatic carbocycles. The minimum Gasteiger partial charge on any atom is -0.452 e. The molecule has 8 heteroatoms. The number of hydrogen-bond acceptors (Lipinski definition) is 8. The molecule has 2 heterocycles. The maximum absolute atomic E-state index is 13.0. The van der Waals surface area contributed by atoms with Crippen LogP contribution in [0, 0.1) is 0 Å². The Balaban J connectivity index is 1.43. The summed E-state index contributed by atoms with van der Waals surface area (Å²) in [5, 5.41) is 10.7. The first-order valence-electron chi connectivity index (χ1n) is 11.3. The van der Waals surface area contributed by atoms with Gasteiger partial charge in [0.05, 0.1) is 17.7 Å². The van der Waals surface area contributed by atoms with Gasteiger partial charge in [0.2, 0.25) is 0 Å². The minimum atomic E-state index is -1.56. The average Bonchev–Trinajstić information content (AvgIpc) is 2.91. The van der Waals surface area contributed by atoms with Gasteiger partial charge in [0, 0.05) is 5.56 Å². The Kier molecular flexibility index (Phi) is 6.87. The van der Waals surface area contributed by atoms with Gasteiger partial charge >= 0.3 is 11.9 Å². The molecule has 35 heavy (non-hydrogen) atoms. The van der Waals surface area contributed by atoms with Crippen molar-refractivity contribution in [2.75, 3.05) is 6.61 Å². The topological polar surface area (TPSA) is 101 Å². The van der Waals surface area contributed by atoms with E-state index in [2.05, 4.69) is 0 Å². The molecule has 2 aliphatic heterocycles. The monoisotopic (exact) mass is 476 g/mol. The summed E-state index contributed by atoms with van der Waals surface area (Å²) in [6.07, 6.45) is -6.40. The second-order valence-corrected chi connectivity index (χ2v) is 8.21. The van der Waals surface area contributed by atoms with Crippen LogP contribution in [0.25, 0.3) is 0 Å². The molecule has 1 N–H and O–H groups in total. The first-order chi connectivity index (χ1) is 17.1. The van der Waals surface area contributed by atoms with E-state index in [4.69, 9.17) is 23.7 Å². The van der Waals surface area contributed by atoms with E-state index in [0.717, 1.165) is 5.56 Å². The maximum atomic E-state index is 13.0. The fourth-order valence-electron chi connectivity index (χ4n) is 4.13. The Labute approximate surface area is 202 Å². The van der Waals surface area contributed by atoms with Gasteiger partial charge in [-0.05, 0) is 24.3 Å². The normalized spacial score (nSPS) is 27.9. The number of aliphatic hydroxyl groups excluding tert-OH is 1. The van der Waals surface area contributed by atoms with Gasteiger partial charge in [0.1, 0.15) is 12.2 Å². The summed E-state index contributed by atoms with van der Waals surface area (Å²) in [7, 11) is 0. The molecule has 2 fully saturated rings. The van der Waals surface area contributed by atoms with Crippen molar-refractivity contribution in [1.82, 2.24) is 0 Å². The Hall–Kier alpha value is -3.56. The number of esters is 2. The number of benzene rings is 3. The van der Waals surface area contributed by atoms with Crippen molar-refractivity contribution in [3.8, 4) is 0 Å². The lowest BCUT2D eigenvalue weighted by Crippen LogP contribution is -2.63. The Morgan fingerprint density at radius 2 is 1.23 bits per heavy atom. The number of carbonyl (C=O) groups is 2. The van der Waals surface area contributed by atoms with E-state index in [0.29, 0.717) is 5.56 Å². The lowest BCUT2D eigenvalue weighted by molar-refractivity contribution is -0.353. The van der Waals surface area contributed by atoms with Gasteiger partial charge in [-0.3, -0.25) is 0 Å². The SMILES string of the molecule is O=C(OC1C(OC(=O)c2ccccc2)[C@H](O)OC2COC(c3ccccc3)O[C@H]21)c1ccccc1. The summed E-state index contributed by atoms with van der Waals surface area (Å²) in [6.45, 7) is 0.0834. The van der Waals surface area contributed by atoms with Gasteiger partial charge < -0.3 is 28.8 Å². The highest BCUT2D eigenvalue weighted by Crippen LogP contribution is 2.36. The van der Waals surface area contributed by atoms with Gasteiger partial charge in [-0.2, -0.15) is 0 Å². The smallest absolute Gasteiger partial charge is 0.338 e. The van der Waals surface area contributed by atoms with Crippen LogP contribution < -0.4 is 0 Å². The number of carbonyl (C=O) groups excluding carboxylic acids is 2. The van der Waals surface area contributed by atoms with Crippen LogP contribution in [-0.2, 0) is 23.7 Å². The number of aliphatic hydroxyl groups is 1. The zero-order valence-electron chi connectivity index (χ0n) is 18.6. The Morgan fingerprint density at radius 1 is 0.714 bits per heavy atom. The zero-order valence-corrected chi connectivity index (χ0v) is 18.6. The molecule has 0 saturated carbocycles. The van der Waals surface area contributed by atoms with Crippen LogP contribution in [0.5, 0.6) is 0 Å². The Bertz CT molecular complexity index is 1140. The highest BCUT2D eigenvalue weighted by atomic mass is 16.7. The van der Waals surface area contributed by atoms with E-state index < -0.39 is 48.9 Å². The van der Waals surface area contributed by atoms with Crippen molar-refractivity contribution in [2.24, 2.45) is 0 Å². The molecule has 5 rings (SSSR count). The van der Waals surface area contributed by atoms with Crippen LogP contribution in [0.4, 0.5) is 0 Å². The third-order valence-electron chi connectivity index (χ3n) is 5.88. The van der Waals surface area contributed by atoms with Gasteiger partial charge in [-0.15, -0.1) is 0 Å². The zero-order chi connectivity index (χ0) is 24.2. The van der Waals surface area contributed by atoms with Crippen molar-refractivity contribution < 1.29 is 38.4 Å². The fraction of sp³-hybridized carbons (Fsp3) is 0.259. The summed E-state index contributed by atoms with van der Waals surface area (Å²) >= 11 is 0. The first kappa shape index (κ1) is 23.2. The molecule has 0 spiro atoms. The number of rotatable bonds is 5. The van der Waals surface area contributed by atoms with Crippen LogP contribution in [0.15, 0.2) is 91.0 Å². The molecule has 4 unspecified atom stereocenters. The van der Waals surface area contributed by atoms with Gasteiger partial charge in [0.25, 0.3) is 0 Å². The molecule has 2 aliphatic rings. The molecule has 0 aromatic heterocycles. The van der Waals surface area contributed by atoms with Gasteiger partial charge in [0.15, 0.2) is 24.8 Å². The molecule has 2 saturated heterocycles. The lowest BCUT2D eigenvalue weighted by Gasteiger charge is -2.47. The van der Waals surface area contributed by atoms with E-state index in [-0.39, 0.29) is 12.2 Å². The van der Waals surface area contributed by atoms with E-state index in [1.54, 1.807) is 60.7 Å². The third-order valence-corrected chi connectivity index (χ3v) is 5.88. The quantitative estimate of drug-likeness (QED) is 0.560. The summed E-state index contributed by atoms with van der Waals surface area (Å²) in [5.41, 5.74) is 1.36. The molecule has 180 valence electrons. The molecule has 3 aromatic rings. The van der Waals surface area contributed by atoms with Crippen LogP contribution in [-0.4, -0.2) is 54.4 Å². The minimum absolute atomic E-state index is 0.0834. The molecular formula is C27H24O8. The van der Waals surface area contributed by atoms with Crippen molar-refractivity contribution in [1.29, 1.82) is 0 Å². The van der Waals surface area contributed by atoms with Gasteiger partial charge in [-0.1, -0.05) is 66.7 Å². The highest BCUT2D eigenvalue weighted by molar-refractivity contribution is 5.90. The highest BCUT2D eigenvalue weighted by Gasteiger charge is 2.53. The van der Waals surface area contributed by atoms with Crippen LogP contribution >= 0.6 is 0 Å². The number of fused-ring (bicyclic) bond motifs is 1. The number of hydrogen-bond donors (Lipinski definition) is 1. The largest absolute Gasteiger partial charge is 0.452 e. The molecule has 0 bridgehead atoms. The molecular weight excluding hydrogens is 452 g/mol. The molecule has 3 aromatic carbocycles. The third kappa shape index (κ3) is 5.11. The number of ether oxygens (including phenoxy) is 5. The summed E-state index contributed by atoms with van der Waals surface area (Å²) in [6, 6.07) is 26.0. The lowest BCUT2D eigenvalue weighted by atomic mass is 9.97. The van der Waals surface area contributed by atoms with Crippen molar-refractivity contribution >= 4 is 11.9 Å². The second kappa shape index (κ2) is 10.4. The van der Waals surface area contributed by atoms with Gasteiger partial charge in [-0.25, -0.2) is 9.59 Å². The molecule has 8 nitrogen and oxygen atoms in total. The van der Waals surface area contributed by atoms with Crippen molar-refractivity contribution in [2.45, 2.75) is 37.0 Å². The van der Waals surface area contributed by atoms with Crippen LogP contribution in [0.2, 0.25) is 0 Å². The predicted octanol–water partition coefficient (Wildman–Crippen LogP) is 3.27. The van der Waals surface area contributed by atoms with E-state index in [1.807, 2.05) is 30.3 Å². The van der Waals surface area contributed by atoms with Crippen molar-refractivity contribution in [3.63, 3.8) is 0 Å². The van der Waals surface area contributed by atoms with Crippen LogP contribution in [0.3, 0.4) is 0 Å². The molecule has 0 amide bonds. The van der Waals surface area contributed by atoms with E-state index in [9.17, 15) is 14.7 Å². The van der Waals surface area contributed by atoms with E-state index in [1.165, 1.54) is 0 Å². The molecule has 0 radical (unpaired) electrons. The first-order valence-corrected chi connectivity index (χ1v) is 11.3. The fourth-order valence-corrected chi connectivity index (χ4v) is 4.13. The standard InChI is InChI=1S/C27H24O8/c28-24(17-10-4-1-5-11-17)33-22-21-20(16-31-27(35-21)19-14-8-3-9-15-19)32-26(30)23(22)34-25(29)18-12-6-2-7-13-18/h1-15,20-23,26-27,30H,16H2/t20?,21-,22?,23?,26-,27?/m1/s1. The summed E-state index contributed by atoms with van der Waals surface area (Å²) in [5.74, 6) is -1.33. The van der Waals surface area contributed by atoms with Crippen LogP contribution in [0.1, 0.15) is 32.6 Å². The Morgan fingerprint density at radius 3 is 1.80 bits per heavy atom. The predicted molar refractivity (Wildman–Crippen MR) is 122 cm³/mol. The summed E-state index contributed by atoms with van der Waals surface area (Å²) in [4.78, 5) is 25.8. The maximum Gasteiger partial charge on any atom is 0.338 e. The summed E-state index contributed by atoms with van der Waals surface area (Å²) < 4.78 is 29.1. The molecule has 6 atom stereocenters.